The van der Waals surface area contributed by atoms with Crippen LogP contribution in [0.4, 0.5) is 0 Å². The predicted octanol–water partition coefficient (Wildman–Crippen LogP) is 2.46. The molecule has 0 atom stereocenters. The number of methoxy groups -OCH3 is 1. The van der Waals surface area contributed by atoms with Crippen molar-refractivity contribution in [3.8, 4) is 5.75 Å². The Kier molecular flexibility index (Phi) is 2.96. The van der Waals surface area contributed by atoms with Crippen LogP contribution in [0.25, 0.3) is 17.0 Å². The number of hydrogen-bond acceptors (Lipinski definition) is 3. The molecule has 3 nitrogen and oxygen atoms in total. The number of carbonyl (C=O) groups is 1. The summed E-state index contributed by atoms with van der Waals surface area (Å²) >= 11 is 0. The van der Waals surface area contributed by atoms with Crippen molar-refractivity contribution in [3.63, 3.8) is 0 Å². The Hall–Kier alpha value is -2.16. The molecule has 0 amide bonds. The molecule has 0 aliphatic heterocycles. The van der Waals surface area contributed by atoms with Crippen molar-refractivity contribution in [2.45, 2.75) is 0 Å². The van der Waals surface area contributed by atoms with Gasteiger partial charge in [0.1, 0.15) is 12.0 Å². The Balaban J connectivity index is 2.47. The summed E-state index contributed by atoms with van der Waals surface area (Å²) in [4.78, 5) is 14.6. The van der Waals surface area contributed by atoms with Crippen LogP contribution >= 0.6 is 0 Å². The van der Waals surface area contributed by atoms with Gasteiger partial charge < -0.3 is 4.74 Å². The second kappa shape index (κ2) is 4.57. The fraction of sp³-hybridized carbons (Fsp3) is 0.0769. The molecule has 0 aliphatic rings. The molecule has 3 heteroatoms. The van der Waals surface area contributed by atoms with E-state index in [9.17, 15) is 4.79 Å². The van der Waals surface area contributed by atoms with Crippen molar-refractivity contribution < 1.29 is 9.53 Å². The second-order valence-corrected chi connectivity index (χ2v) is 3.29. The number of carbonyl (C=O) groups excluding carboxylic acids is 1. The molecule has 0 spiro atoms. The third kappa shape index (κ3) is 2.08. The molecule has 0 fully saturated rings. The van der Waals surface area contributed by atoms with E-state index in [0.717, 1.165) is 28.6 Å². The van der Waals surface area contributed by atoms with Gasteiger partial charge in [-0.05, 0) is 36.4 Å². The summed E-state index contributed by atoms with van der Waals surface area (Å²) in [5, 5.41) is 1.02. The van der Waals surface area contributed by atoms with Gasteiger partial charge in [-0.25, -0.2) is 4.98 Å². The monoisotopic (exact) mass is 213 g/mol. The van der Waals surface area contributed by atoms with Gasteiger partial charge in [0, 0.05) is 5.39 Å². The van der Waals surface area contributed by atoms with Crippen molar-refractivity contribution in [2.75, 3.05) is 7.11 Å². The number of hydrogen-bond donors (Lipinski definition) is 0. The average molecular weight is 213 g/mol. The fourth-order valence-corrected chi connectivity index (χ4v) is 1.48. The Morgan fingerprint density at radius 3 is 2.88 bits per heavy atom. The van der Waals surface area contributed by atoms with Gasteiger partial charge in [-0.2, -0.15) is 0 Å². The van der Waals surface area contributed by atoms with E-state index in [2.05, 4.69) is 4.98 Å². The minimum absolute atomic E-state index is 0.736. The van der Waals surface area contributed by atoms with Gasteiger partial charge >= 0.3 is 0 Å². The van der Waals surface area contributed by atoms with Crippen molar-refractivity contribution in [3.05, 3.63) is 42.1 Å². The predicted molar refractivity (Wildman–Crippen MR) is 63.4 cm³/mol. The summed E-state index contributed by atoms with van der Waals surface area (Å²) in [7, 11) is 1.63. The van der Waals surface area contributed by atoms with E-state index < -0.39 is 0 Å². The first-order valence-electron chi connectivity index (χ1n) is 4.90. The van der Waals surface area contributed by atoms with Crippen LogP contribution < -0.4 is 4.74 Å². The highest BCUT2D eigenvalue weighted by Gasteiger charge is 1.98. The maximum atomic E-state index is 10.2. The van der Waals surface area contributed by atoms with E-state index in [1.807, 2.05) is 30.3 Å². The van der Waals surface area contributed by atoms with Gasteiger partial charge in [0.25, 0.3) is 0 Å². The summed E-state index contributed by atoms with van der Waals surface area (Å²) in [5.41, 5.74) is 1.65. The quantitative estimate of drug-likeness (QED) is 0.580. The van der Waals surface area contributed by atoms with E-state index in [1.54, 1.807) is 13.2 Å². The Labute approximate surface area is 93.4 Å². The van der Waals surface area contributed by atoms with E-state index in [4.69, 9.17) is 4.74 Å². The minimum Gasteiger partial charge on any atom is -0.497 e. The average Bonchev–Trinajstić information content (AvgIpc) is 2.35. The van der Waals surface area contributed by atoms with Crippen LogP contribution in [-0.2, 0) is 4.79 Å². The number of benzene rings is 1. The number of nitrogens with zero attached hydrogens (tertiary/aromatic N) is 1. The van der Waals surface area contributed by atoms with Crippen LogP contribution in [0.2, 0.25) is 0 Å². The van der Waals surface area contributed by atoms with Gasteiger partial charge in [0.05, 0.1) is 18.3 Å². The van der Waals surface area contributed by atoms with Crippen LogP contribution in [0.1, 0.15) is 5.69 Å². The van der Waals surface area contributed by atoms with Gasteiger partial charge in [0.2, 0.25) is 0 Å². The van der Waals surface area contributed by atoms with Gasteiger partial charge in [-0.1, -0.05) is 6.07 Å². The third-order valence-corrected chi connectivity index (χ3v) is 2.26. The molecule has 0 aliphatic carbocycles. The number of allylic oxidation sites excluding steroid dienone is 1. The Bertz CT molecular complexity index is 547. The van der Waals surface area contributed by atoms with E-state index in [-0.39, 0.29) is 0 Å². The van der Waals surface area contributed by atoms with Crippen molar-refractivity contribution in [1.29, 1.82) is 0 Å². The summed E-state index contributed by atoms with van der Waals surface area (Å²) < 4.78 is 5.13. The SMILES string of the molecule is COc1ccc2nc(C=CC=O)ccc2c1. The second-order valence-electron chi connectivity index (χ2n) is 3.29. The molecule has 0 radical (unpaired) electrons. The molecule has 80 valence electrons. The van der Waals surface area contributed by atoms with Crippen molar-refractivity contribution >= 4 is 23.3 Å². The molecular formula is C13H11NO2. The third-order valence-electron chi connectivity index (χ3n) is 2.26. The maximum Gasteiger partial charge on any atom is 0.142 e. The van der Waals surface area contributed by atoms with Crippen molar-refractivity contribution in [1.82, 2.24) is 4.98 Å². The Morgan fingerprint density at radius 1 is 1.25 bits per heavy atom. The molecule has 2 aromatic rings. The summed E-state index contributed by atoms with van der Waals surface area (Å²) in [6.45, 7) is 0. The van der Waals surface area contributed by atoms with Crippen LogP contribution in [0.3, 0.4) is 0 Å². The zero-order valence-electron chi connectivity index (χ0n) is 8.88. The summed E-state index contributed by atoms with van der Waals surface area (Å²) in [5.74, 6) is 0.811. The van der Waals surface area contributed by atoms with Gasteiger partial charge in [-0.3, -0.25) is 4.79 Å². The molecule has 0 saturated heterocycles. The standard InChI is InChI=1S/C13H11NO2/c1-16-12-6-7-13-10(9-12)4-5-11(14-13)3-2-8-15/h2-9H,1H3. The van der Waals surface area contributed by atoms with Crippen LogP contribution in [0, 0.1) is 0 Å². The minimum atomic E-state index is 0.736. The zero-order chi connectivity index (χ0) is 11.4. The number of aromatic nitrogens is 1. The molecule has 2 rings (SSSR count). The first-order chi connectivity index (χ1) is 7.83. The van der Waals surface area contributed by atoms with Gasteiger partial charge in [0.15, 0.2) is 0 Å². The number of rotatable bonds is 3. The fourth-order valence-electron chi connectivity index (χ4n) is 1.48. The normalized spacial score (nSPS) is 10.8. The molecule has 0 bridgehead atoms. The van der Waals surface area contributed by atoms with Crippen LogP contribution in [0.15, 0.2) is 36.4 Å². The lowest BCUT2D eigenvalue weighted by Gasteiger charge is -2.02. The lowest BCUT2D eigenvalue weighted by molar-refractivity contribution is -0.104. The number of pyridine rings is 1. The van der Waals surface area contributed by atoms with Gasteiger partial charge in [-0.15, -0.1) is 0 Å². The number of ether oxygens (including phenoxy) is 1. The largest absolute Gasteiger partial charge is 0.497 e. The van der Waals surface area contributed by atoms with E-state index in [0.29, 0.717) is 0 Å². The molecular weight excluding hydrogens is 202 g/mol. The molecule has 0 N–H and O–H groups in total. The van der Waals surface area contributed by atoms with E-state index >= 15 is 0 Å². The molecule has 1 aromatic heterocycles. The van der Waals surface area contributed by atoms with E-state index in [1.165, 1.54) is 6.08 Å². The van der Waals surface area contributed by atoms with Crippen LogP contribution in [0.5, 0.6) is 5.75 Å². The number of aldehydes is 1. The summed E-state index contributed by atoms with van der Waals surface area (Å²) in [6, 6.07) is 9.50. The Morgan fingerprint density at radius 2 is 2.12 bits per heavy atom. The summed E-state index contributed by atoms with van der Waals surface area (Å²) in [6.07, 6.45) is 3.84. The molecule has 16 heavy (non-hydrogen) atoms. The first-order valence-corrected chi connectivity index (χ1v) is 4.90. The maximum absolute atomic E-state index is 10.2. The molecule has 0 saturated carbocycles. The highest BCUT2D eigenvalue weighted by atomic mass is 16.5. The molecule has 0 unspecified atom stereocenters. The topological polar surface area (TPSA) is 39.2 Å². The molecule has 1 heterocycles. The lowest BCUT2D eigenvalue weighted by atomic mass is 10.2. The highest BCUT2D eigenvalue weighted by Crippen LogP contribution is 2.19. The zero-order valence-corrected chi connectivity index (χ0v) is 8.88. The lowest BCUT2D eigenvalue weighted by Crippen LogP contribution is -1.86. The number of fused-ring (bicyclic) bond motifs is 1. The smallest absolute Gasteiger partial charge is 0.142 e. The van der Waals surface area contributed by atoms with Crippen molar-refractivity contribution in [2.24, 2.45) is 0 Å². The highest BCUT2D eigenvalue weighted by molar-refractivity contribution is 5.82. The molecule has 1 aromatic carbocycles. The first kappa shape index (κ1) is 10.4. The van der Waals surface area contributed by atoms with Crippen LogP contribution in [-0.4, -0.2) is 18.4 Å².